The molecular weight excluding hydrogens is 352 g/mol. The Labute approximate surface area is 170 Å². The van der Waals surface area contributed by atoms with Crippen LogP contribution >= 0.6 is 0 Å². The van der Waals surface area contributed by atoms with Crippen LogP contribution in [0.3, 0.4) is 0 Å². The molecule has 0 spiro atoms. The Bertz CT molecular complexity index is 618. The van der Waals surface area contributed by atoms with Crippen molar-refractivity contribution in [3.05, 3.63) is 0 Å². The third-order valence-electron chi connectivity index (χ3n) is 9.90. The van der Waals surface area contributed by atoms with Gasteiger partial charge in [-0.25, -0.2) is 0 Å². The summed E-state index contributed by atoms with van der Waals surface area (Å²) in [6.07, 6.45) is 9.02. The van der Waals surface area contributed by atoms with Crippen LogP contribution in [0.25, 0.3) is 0 Å². The van der Waals surface area contributed by atoms with E-state index in [1.165, 1.54) is 32.1 Å². The van der Waals surface area contributed by atoms with Crippen LogP contribution in [-0.2, 0) is 9.53 Å². The number of rotatable bonds is 4. The minimum atomic E-state index is -0.819. The maximum atomic E-state index is 12.3. The molecule has 28 heavy (non-hydrogen) atoms. The second-order valence-electron chi connectivity index (χ2n) is 11.3. The number of ketones is 1. The first-order chi connectivity index (χ1) is 13.1. The molecule has 0 aromatic heterocycles. The van der Waals surface area contributed by atoms with Gasteiger partial charge in [-0.15, -0.1) is 0 Å². The van der Waals surface area contributed by atoms with E-state index in [1.807, 2.05) is 0 Å². The fraction of sp³-hybridized carbons (Fsp3) is 0.958. The molecular formula is C24H40O4. The van der Waals surface area contributed by atoms with Gasteiger partial charge in [-0.2, -0.15) is 0 Å². The van der Waals surface area contributed by atoms with Gasteiger partial charge in [0, 0.05) is 5.92 Å². The van der Waals surface area contributed by atoms with Gasteiger partial charge in [0.05, 0.1) is 12.2 Å². The van der Waals surface area contributed by atoms with Crippen LogP contribution in [0, 0.1) is 40.4 Å². The van der Waals surface area contributed by atoms with Crippen molar-refractivity contribution >= 4 is 5.78 Å². The summed E-state index contributed by atoms with van der Waals surface area (Å²) in [5, 5.41) is 20.5. The van der Waals surface area contributed by atoms with E-state index in [-0.39, 0.29) is 17.9 Å². The van der Waals surface area contributed by atoms with E-state index >= 15 is 0 Å². The molecule has 4 heteroatoms. The highest BCUT2D eigenvalue weighted by Gasteiger charge is 2.61. The SMILES string of the molecule is CC(=O)[C@H]1CC[C@H]2[C@@H]3CC[C@H]4C[C@@](O)(COC(C)O)CC[C@]4(C)[C@H]3CC[C@]12C. The summed E-state index contributed by atoms with van der Waals surface area (Å²) in [6, 6.07) is 0. The molecule has 2 N–H and O–H groups in total. The molecule has 0 saturated heterocycles. The smallest absolute Gasteiger partial charge is 0.151 e. The molecule has 4 saturated carbocycles. The fourth-order valence-corrected chi connectivity index (χ4v) is 8.40. The number of ether oxygens (including phenoxy) is 1. The molecule has 0 radical (unpaired) electrons. The standard InChI is InChI=1S/C24H40O4/c1-15(25)19-7-8-20-18-6-5-17-13-24(27,14-28-16(2)26)12-11-22(17,3)21(18)9-10-23(19,20)4/h16-21,26-27H,5-14H2,1-4H3/t16?,17-,18-,19+,20-,21-,22-,23+,24+/m0/s1. The minimum Gasteiger partial charge on any atom is -0.387 e. The van der Waals surface area contributed by atoms with Crippen molar-refractivity contribution in [3.63, 3.8) is 0 Å². The molecule has 0 amide bonds. The van der Waals surface area contributed by atoms with Crippen LogP contribution in [0.5, 0.6) is 0 Å². The Morgan fingerprint density at radius 1 is 1.04 bits per heavy atom. The lowest BCUT2D eigenvalue weighted by atomic mass is 9.44. The number of aliphatic hydroxyl groups excluding tert-OH is 1. The number of hydrogen-bond acceptors (Lipinski definition) is 4. The molecule has 1 unspecified atom stereocenters. The Morgan fingerprint density at radius 3 is 2.43 bits per heavy atom. The van der Waals surface area contributed by atoms with E-state index in [1.54, 1.807) is 13.8 Å². The summed E-state index contributed by atoms with van der Waals surface area (Å²) in [5.74, 6) is 3.42. The van der Waals surface area contributed by atoms with Crippen molar-refractivity contribution in [2.45, 2.75) is 97.4 Å². The van der Waals surface area contributed by atoms with E-state index in [4.69, 9.17) is 4.74 Å². The second kappa shape index (κ2) is 7.06. The summed E-state index contributed by atoms with van der Waals surface area (Å²) in [4.78, 5) is 12.3. The highest BCUT2D eigenvalue weighted by molar-refractivity contribution is 5.79. The zero-order chi connectivity index (χ0) is 20.3. The van der Waals surface area contributed by atoms with E-state index < -0.39 is 11.9 Å². The highest BCUT2D eigenvalue weighted by atomic mass is 16.6. The topological polar surface area (TPSA) is 66.8 Å². The Balaban J connectivity index is 1.51. The highest BCUT2D eigenvalue weighted by Crippen LogP contribution is 2.68. The van der Waals surface area contributed by atoms with Gasteiger partial charge in [0.15, 0.2) is 6.29 Å². The lowest BCUT2D eigenvalue weighted by Crippen LogP contribution is -2.57. The van der Waals surface area contributed by atoms with E-state index in [9.17, 15) is 15.0 Å². The van der Waals surface area contributed by atoms with Crippen molar-refractivity contribution in [3.8, 4) is 0 Å². The summed E-state index contributed by atoms with van der Waals surface area (Å²) in [7, 11) is 0. The predicted molar refractivity (Wildman–Crippen MR) is 108 cm³/mol. The van der Waals surface area contributed by atoms with Crippen LogP contribution < -0.4 is 0 Å². The first-order valence-corrected chi connectivity index (χ1v) is 11.6. The number of Topliss-reactive ketones (excluding diaryl/α,β-unsaturated/α-hetero) is 1. The van der Waals surface area contributed by atoms with Crippen LogP contribution in [0.15, 0.2) is 0 Å². The van der Waals surface area contributed by atoms with Crippen molar-refractivity contribution < 1.29 is 19.7 Å². The fourth-order valence-electron chi connectivity index (χ4n) is 8.40. The van der Waals surface area contributed by atoms with Gasteiger partial charge in [-0.05, 0) is 106 Å². The van der Waals surface area contributed by atoms with Gasteiger partial charge < -0.3 is 14.9 Å². The Morgan fingerprint density at radius 2 is 1.75 bits per heavy atom. The maximum absolute atomic E-state index is 12.3. The molecule has 0 aliphatic heterocycles. The van der Waals surface area contributed by atoms with Crippen LogP contribution in [0.4, 0.5) is 0 Å². The summed E-state index contributed by atoms with van der Waals surface area (Å²) >= 11 is 0. The Hall–Kier alpha value is -0.450. The molecule has 4 fully saturated rings. The van der Waals surface area contributed by atoms with Gasteiger partial charge in [0.25, 0.3) is 0 Å². The molecule has 4 rings (SSSR count). The van der Waals surface area contributed by atoms with Crippen molar-refractivity contribution in [1.29, 1.82) is 0 Å². The largest absolute Gasteiger partial charge is 0.387 e. The average Bonchev–Trinajstić information content (AvgIpc) is 2.98. The number of carbonyl (C=O) groups excluding carboxylic acids is 1. The monoisotopic (exact) mass is 392 g/mol. The molecule has 4 nitrogen and oxygen atoms in total. The lowest BCUT2D eigenvalue weighted by Gasteiger charge is -2.62. The summed E-state index contributed by atoms with van der Waals surface area (Å²) < 4.78 is 5.38. The second-order valence-corrected chi connectivity index (χ2v) is 11.3. The summed E-state index contributed by atoms with van der Waals surface area (Å²) in [6.45, 7) is 8.56. The van der Waals surface area contributed by atoms with Crippen molar-refractivity contribution in [2.75, 3.05) is 6.61 Å². The molecule has 0 heterocycles. The third-order valence-corrected chi connectivity index (χ3v) is 9.90. The van der Waals surface area contributed by atoms with Crippen molar-refractivity contribution in [1.82, 2.24) is 0 Å². The zero-order valence-electron chi connectivity index (χ0n) is 18.2. The number of fused-ring (bicyclic) bond motifs is 5. The molecule has 0 aromatic rings. The van der Waals surface area contributed by atoms with Crippen LogP contribution in [0.2, 0.25) is 0 Å². The molecule has 4 aliphatic carbocycles. The molecule has 4 aliphatic rings. The quantitative estimate of drug-likeness (QED) is 0.699. The lowest BCUT2D eigenvalue weighted by molar-refractivity contribution is -0.188. The van der Waals surface area contributed by atoms with E-state index in [2.05, 4.69) is 13.8 Å². The van der Waals surface area contributed by atoms with Gasteiger partial charge in [-0.1, -0.05) is 13.8 Å². The molecule has 9 atom stereocenters. The van der Waals surface area contributed by atoms with Crippen molar-refractivity contribution in [2.24, 2.45) is 40.4 Å². The average molecular weight is 393 g/mol. The van der Waals surface area contributed by atoms with E-state index in [0.29, 0.717) is 23.0 Å². The first-order valence-electron chi connectivity index (χ1n) is 11.6. The predicted octanol–water partition coefficient (Wildman–Crippen LogP) is 4.32. The van der Waals surface area contributed by atoms with Gasteiger partial charge in [-0.3, -0.25) is 4.79 Å². The summed E-state index contributed by atoms with van der Waals surface area (Å²) in [5.41, 5.74) is -0.267. The molecule has 0 aromatic carbocycles. The van der Waals surface area contributed by atoms with Gasteiger partial charge in [0.2, 0.25) is 0 Å². The maximum Gasteiger partial charge on any atom is 0.151 e. The third kappa shape index (κ3) is 3.18. The Kier molecular flexibility index (Phi) is 5.25. The zero-order valence-corrected chi connectivity index (χ0v) is 18.2. The number of carbonyl (C=O) groups is 1. The molecule has 0 bridgehead atoms. The number of aliphatic hydroxyl groups is 2. The number of hydrogen-bond donors (Lipinski definition) is 2. The van der Waals surface area contributed by atoms with Crippen LogP contribution in [-0.4, -0.2) is 34.5 Å². The normalized spacial score (nSPS) is 51.7. The van der Waals surface area contributed by atoms with Gasteiger partial charge in [0.1, 0.15) is 5.78 Å². The first kappa shape index (κ1) is 20.8. The molecule has 160 valence electrons. The van der Waals surface area contributed by atoms with E-state index in [0.717, 1.165) is 37.5 Å². The van der Waals surface area contributed by atoms with Crippen LogP contribution in [0.1, 0.15) is 85.5 Å². The minimum absolute atomic E-state index is 0.219. The van der Waals surface area contributed by atoms with Gasteiger partial charge >= 0.3 is 0 Å².